The molecular formula is C52H49N3O. The average molecular weight is 732 g/mol. The molecule has 2 unspecified atom stereocenters. The molecule has 1 saturated carbocycles. The lowest BCUT2D eigenvalue weighted by Crippen LogP contribution is -2.24. The summed E-state index contributed by atoms with van der Waals surface area (Å²) >= 11 is 0. The van der Waals surface area contributed by atoms with E-state index >= 15 is 0 Å². The molecule has 1 aliphatic carbocycles. The molecule has 56 heavy (non-hydrogen) atoms. The molecule has 0 bridgehead atoms. The average Bonchev–Trinajstić information content (AvgIpc) is 3.63. The van der Waals surface area contributed by atoms with Crippen LogP contribution < -0.4 is 0 Å². The quantitative estimate of drug-likeness (QED) is 0.126. The number of aromatic nitrogens is 3. The Balaban J connectivity index is 0.865. The molecule has 4 heteroatoms. The van der Waals surface area contributed by atoms with E-state index in [1.165, 1.54) is 71.9 Å². The zero-order chi connectivity index (χ0) is 37.7. The van der Waals surface area contributed by atoms with Crippen LogP contribution in [0, 0.1) is 24.7 Å². The Kier molecular flexibility index (Phi) is 10.5. The Bertz CT molecular complexity index is 2410. The number of hydrogen-bond acceptors (Lipinski definition) is 4. The molecule has 0 saturated heterocycles. The minimum Gasteiger partial charge on any atom is -0.455 e. The van der Waals surface area contributed by atoms with Gasteiger partial charge in [-0.1, -0.05) is 103 Å². The van der Waals surface area contributed by atoms with Crippen molar-refractivity contribution in [2.45, 2.75) is 64.7 Å². The van der Waals surface area contributed by atoms with Crippen molar-refractivity contribution >= 4 is 21.9 Å². The zero-order valence-corrected chi connectivity index (χ0v) is 32.3. The van der Waals surface area contributed by atoms with Gasteiger partial charge in [-0.05, 0) is 135 Å². The predicted octanol–water partition coefficient (Wildman–Crippen LogP) is 13.3. The smallest absolute Gasteiger partial charge is 0.144 e. The third-order valence-corrected chi connectivity index (χ3v) is 12.1. The van der Waals surface area contributed by atoms with Crippen LogP contribution in [0.2, 0.25) is 0 Å². The van der Waals surface area contributed by atoms with E-state index in [2.05, 4.69) is 159 Å². The highest BCUT2D eigenvalue weighted by Gasteiger charge is 2.28. The highest BCUT2D eigenvalue weighted by molar-refractivity contribution is 6.09. The zero-order valence-electron chi connectivity index (χ0n) is 32.3. The third kappa shape index (κ3) is 8.21. The molecule has 0 amide bonds. The second-order valence-electron chi connectivity index (χ2n) is 16.1. The van der Waals surface area contributed by atoms with Gasteiger partial charge in [0.25, 0.3) is 0 Å². The Morgan fingerprint density at radius 2 is 0.982 bits per heavy atom. The fourth-order valence-corrected chi connectivity index (χ4v) is 9.07. The Hall–Kier alpha value is -5.87. The molecule has 4 nitrogen and oxygen atoms in total. The number of furan rings is 1. The van der Waals surface area contributed by atoms with Gasteiger partial charge < -0.3 is 4.42 Å². The van der Waals surface area contributed by atoms with Crippen LogP contribution in [0.3, 0.4) is 0 Å². The highest BCUT2D eigenvalue weighted by atomic mass is 16.3. The minimum atomic E-state index is 0.711. The third-order valence-electron chi connectivity index (χ3n) is 12.1. The summed E-state index contributed by atoms with van der Waals surface area (Å²) < 4.78 is 6.39. The molecule has 0 spiro atoms. The van der Waals surface area contributed by atoms with Crippen LogP contribution in [-0.2, 0) is 19.3 Å². The summed E-state index contributed by atoms with van der Waals surface area (Å²) in [5.74, 6) is 2.16. The van der Waals surface area contributed by atoms with Crippen molar-refractivity contribution in [3.05, 3.63) is 174 Å². The molecular weight excluding hydrogens is 683 g/mol. The maximum atomic E-state index is 6.39. The van der Waals surface area contributed by atoms with Crippen LogP contribution in [-0.4, -0.2) is 15.0 Å². The summed E-state index contributed by atoms with van der Waals surface area (Å²) in [7, 11) is 0. The Labute approximate surface area is 330 Å². The van der Waals surface area contributed by atoms with E-state index in [0.29, 0.717) is 5.92 Å². The summed E-state index contributed by atoms with van der Waals surface area (Å²) in [6.07, 6.45) is 17.1. The van der Waals surface area contributed by atoms with E-state index in [1.54, 1.807) is 0 Å². The Morgan fingerprint density at radius 3 is 1.46 bits per heavy atom. The second kappa shape index (κ2) is 16.5. The van der Waals surface area contributed by atoms with Gasteiger partial charge in [0.15, 0.2) is 0 Å². The van der Waals surface area contributed by atoms with Gasteiger partial charge >= 0.3 is 0 Å². The lowest BCUT2D eigenvalue weighted by molar-refractivity contribution is 0.172. The molecule has 278 valence electrons. The number of rotatable bonds is 12. The van der Waals surface area contributed by atoms with E-state index in [0.717, 1.165) is 75.7 Å². The SMILES string of the molecule is Cc1ccc2c(c1)oc1c(-c3ccc(CCC4CC(CCc5ccc(-c6ccccc6)nc5)CC(CCc5ccc(-c6ccccc6)nc5)C4)cn3)cccc12. The molecule has 0 N–H and O–H groups in total. The fraction of sp³-hybridized carbons (Fsp3) is 0.250. The highest BCUT2D eigenvalue weighted by Crippen LogP contribution is 2.40. The topological polar surface area (TPSA) is 51.8 Å². The monoisotopic (exact) mass is 731 g/mol. The summed E-state index contributed by atoms with van der Waals surface area (Å²) in [6.45, 7) is 2.11. The van der Waals surface area contributed by atoms with Crippen LogP contribution in [0.25, 0.3) is 55.7 Å². The summed E-state index contributed by atoms with van der Waals surface area (Å²) in [6, 6.07) is 47.2. The second-order valence-corrected chi connectivity index (χ2v) is 16.1. The Morgan fingerprint density at radius 1 is 0.482 bits per heavy atom. The first-order valence-corrected chi connectivity index (χ1v) is 20.5. The number of pyridine rings is 3. The van der Waals surface area contributed by atoms with E-state index in [9.17, 15) is 0 Å². The molecule has 0 aliphatic heterocycles. The lowest BCUT2D eigenvalue weighted by Gasteiger charge is -2.35. The summed E-state index contributed by atoms with van der Waals surface area (Å²) in [5, 5.41) is 2.30. The van der Waals surface area contributed by atoms with Crippen molar-refractivity contribution in [1.82, 2.24) is 15.0 Å². The molecule has 9 rings (SSSR count). The normalized spacial score (nSPS) is 17.1. The first kappa shape index (κ1) is 35.8. The number of para-hydroxylation sites is 1. The summed E-state index contributed by atoms with van der Waals surface area (Å²) in [5.41, 5.74) is 13.5. The van der Waals surface area contributed by atoms with Crippen molar-refractivity contribution in [1.29, 1.82) is 0 Å². The molecule has 8 aromatic rings. The number of benzene rings is 4. The number of aryl methyl sites for hydroxylation is 4. The van der Waals surface area contributed by atoms with E-state index < -0.39 is 0 Å². The van der Waals surface area contributed by atoms with Crippen molar-refractivity contribution in [3.8, 4) is 33.8 Å². The maximum Gasteiger partial charge on any atom is 0.144 e. The van der Waals surface area contributed by atoms with Crippen LogP contribution >= 0.6 is 0 Å². The minimum absolute atomic E-state index is 0.711. The lowest BCUT2D eigenvalue weighted by atomic mass is 9.70. The van der Waals surface area contributed by atoms with Gasteiger partial charge in [0.1, 0.15) is 11.2 Å². The maximum absolute atomic E-state index is 6.39. The van der Waals surface area contributed by atoms with Gasteiger partial charge in [0.05, 0.1) is 17.1 Å². The van der Waals surface area contributed by atoms with Gasteiger partial charge in [-0.15, -0.1) is 0 Å². The van der Waals surface area contributed by atoms with Crippen molar-refractivity contribution in [2.24, 2.45) is 17.8 Å². The van der Waals surface area contributed by atoms with Gasteiger partial charge in [-0.3, -0.25) is 15.0 Å². The van der Waals surface area contributed by atoms with E-state index in [-0.39, 0.29) is 0 Å². The molecule has 1 fully saturated rings. The number of hydrogen-bond donors (Lipinski definition) is 0. The van der Waals surface area contributed by atoms with Crippen LogP contribution in [0.15, 0.2) is 156 Å². The largest absolute Gasteiger partial charge is 0.455 e. The van der Waals surface area contributed by atoms with Gasteiger partial charge in [0, 0.05) is 46.1 Å². The molecule has 4 heterocycles. The van der Waals surface area contributed by atoms with Gasteiger partial charge in [-0.25, -0.2) is 0 Å². The molecule has 2 atom stereocenters. The van der Waals surface area contributed by atoms with Crippen LogP contribution in [0.4, 0.5) is 0 Å². The number of nitrogens with zero attached hydrogens (tertiary/aromatic N) is 3. The van der Waals surface area contributed by atoms with Crippen molar-refractivity contribution in [3.63, 3.8) is 0 Å². The number of fused-ring (bicyclic) bond motifs is 3. The standard InChI is InChI=1S/C52H49N3O/c1-36-15-25-45-46-13-8-14-47(52(46)56-51(45)29-36)50-28-24-39(35-55-50)18-21-42-31-40(19-16-37-22-26-48(53-33-37)43-9-4-2-5-10-43)30-41(32-42)20-17-38-23-27-49(54-34-38)44-11-6-3-7-12-44/h2-15,22-29,33-35,40-42H,16-21,30-32H2,1H3. The molecule has 4 aromatic carbocycles. The fourth-order valence-electron chi connectivity index (χ4n) is 9.07. The van der Waals surface area contributed by atoms with Gasteiger partial charge in [0.2, 0.25) is 0 Å². The van der Waals surface area contributed by atoms with Crippen LogP contribution in [0.5, 0.6) is 0 Å². The first-order chi connectivity index (χ1) is 27.6. The van der Waals surface area contributed by atoms with Gasteiger partial charge in [-0.2, -0.15) is 0 Å². The van der Waals surface area contributed by atoms with E-state index in [1.807, 2.05) is 0 Å². The first-order valence-electron chi connectivity index (χ1n) is 20.5. The van der Waals surface area contributed by atoms with Crippen molar-refractivity contribution in [2.75, 3.05) is 0 Å². The molecule has 0 radical (unpaired) electrons. The summed E-state index contributed by atoms with van der Waals surface area (Å²) in [4.78, 5) is 14.6. The molecule has 1 aliphatic rings. The molecule has 4 aromatic heterocycles. The van der Waals surface area contributed by atoms with Crippen LogP contribution in [0.1, 0.15) is 60.8 Å². The van der Waals surface area contributed by atoms with E-state index in [4.69, 9.17) is 19.4 Å². The predicted molar refractivity (Wildman–Crippen MR) is 230 cm³/mol. The van der Waals surface area contributed by atoms with Crippen molar-refractivity contribution < 1.29 is 4.42 Å².